The number of ether oxygens (including phenoxy) is 1. The van der Waals surface area contributed by atoms with Gasteiger partial charge in [-0.3, -0.25) is 34.7 Å². The van der Waals surface area contributed by atoms with Crippen molar-refractivity contribution in [3.8, 4) is 5.75 Å². The molecule has 1 saturated heterocycles. The molecule has 196 valence electrons. The summed E-state index contributed by atoms with van der Waals surface area (Å²) in [4.78, 5) is 71.8. The summed E-state index contributed by atoms with van der Waals surface area (Å²) in [5.74, 6) is -2.02. The zero-order valence-electron chi connectivity index (χ0n) is 20.4. The Balaban J connectivity index is 1.32. The van der Waals surface area contributed by atoms with E-state index in [0.29, 0.717) is 21.3 Å². The van der Waals surface area contributed by atoms with Crippen LogP contribution in [0.2, 0.25) is 5.02 Å². The van der Waals surface area contributed by atoms with Gasteiger partial charge in [0.15, 0.2) is 0 Å². The average molecular weight is 557 g/mol. The van der Waals surface area contributed by atoms with E-state index < -0.39 is 41.2 Å². The Kier molecular flexibility index (Phi) is 6.27. The van der Waals surface area contributed by atoms with E-state index in [4.69, 9.17) is 16.3 Å². The molecule has 38 heavy (non-hydrogen) atoms. The summed E-state index contributed by atoms with van der Waals surface area (Å²) in [5.41, 5.74) is -0.499. The lowest BCUT2D eigenvalue weighted by Crippen LogP contribution is -2.54. The lowest BCUT2D eigenvalue weighted by molar-refractivity contribution is -0.136. The molecule has 1 atom stereocenters. The fourth-order valence-corrected chi connectivity index (χ4v) is 5.63. The van der Waals surface area contributed by atoms with Crippen LogP contribution in [0.4, 0.5) is 10.6 Å². The molecule has 2 aliphatic rings. The molecule has 5 rings (SSSR count). The zero-order chi connectivity index (χ0) is 27.4. The van der Waals surface area contributed by atoms with Crippen molar-refractivity contribution in [2.75, 3.05) is 12.4 Å². The fourth-order valence-electron chi connectivity index (χ4n) is 4.25. The minimum Gasteiger partial charge on any atom is -0.497 e. The molecule has 0 saturated carbocycles. The number of methoxy groups -OCH3 is 1. The number of benzene rings is 1. The summed E-state index contributed by atoms with van der Waals surface area (Å²) in [7, 11) is 1.54. The number of carbonyl (C=O) groups excluding carboxylic acids is 5. The Labute approximate surface area is 224 Å². The van der Waals surface area contributed by atoms with Crippen LogP contribution < -0.4 is 20.7 Å². The third kappa shape index (κ3) is 4.43. The van der Waals surface area contributed by atoms with Gasteiger partial charge in [0.2, 0.25) is 11.8 Å². The van der Waals surface area contributed by atoms with Crippen LogP contribution in [0.3, 0.4) is 0 Å². The van der Waals surface area contributed by atoms with Crippen LogP contribution >= 0.6 is 22.9 Å². The Morgan fingerprint density at radius 1 is 1.18 bits per heavy atom. The van der Waals surface area contributed by atoms with Gasteiger partial charge in [-0.25, -0.2) is 14.8 Å². The number of urea groups is 1. The topological polar surface area (TPSA) is 160 Å². The normalized spacial score (nSPS) is 17.5. The standard InChI is InChI=1S/C24H21ClN6O6S/c1-24(2,22-29-18-12(25)8-10(37-3)9-14(18)38-22)30-23(36)27-15-6-4-11-17(26-15)21(35)31(20(11)34)13-5-7-16(32)28-19(13)33/h4,6,8-9,13H,5,7H2,1-3H3,(H,28,32,33)(H2,26,27,30,36). The van der Waals surface area contributed by atoms with Gasteiger partial charge in [-0.2, -0.15) is 0 Å². The molecule has 0 bridgehead atoms. The van der Waals surface area contributed by atoms with E-state index in [1.54, 1.807) is 19.9 Å². The molecule has 6 amide bonds. The second-order valence-corrected chi connectivity index (χ2v) is 10.7. The number of hydrogen-bond acceptors (Lipinski definition) is 9. The van der Waals surface area contributed by atoms with E-state index in [2.05, 4.69) is 25.9 Å². The number of aromatic nitrogens is 2. The third-order valence-electron chi connectivity index (χ3n) is 6.15. The maximum Gasteiger partial charge on any atom is 0.321 e. The molecule has 4 heterocycles. The number of fused-ring (bicyclic) bond motifs is 2. The first-order chi connectivity index (χ1) is 18.0. The molecule has 0 radical (unpaired) electrons. The van der Waals surface area contributed by atoms with Crippen LogP contribution in [-0.2, 0) is 15.1 Å². The Morgan fingerprint density at radius 2 is 1.95 bits per heavy atom. The summed E-state index contributed by atoms with van der Waals surface area (Å²) < 4.78 is 6.05. The maximum atomic E-state index is 13.0. The summed E-state index contributed by atoms with van der Waals surface area (Å²) in [6.07, 6.45) is 0.0386. The number of rotatable bonds is 5. The summed E-state index contributed by atoms with van der Waals surface area (Å²) in [5, 5.41) is 8.55. The Hall–Kier alpha value is -4.10. The van der Waals surface area contributed by atoms with E-state index in [0.717, 1.165) is 9.60 Å². The van der Waals surface area contributed by atoms with E-state index >= 15 is 0 Å². The lowest BCUT2D eigenvalue weighted by atomic mass is 10.0. The van der Waals surface area contributed by atoms with Gasteiger partial charge in [0.25, 0.3) is 11.8 Å². The summed E-state index contributed by atoms with van der Waals surface area (Å²) in [6.45, 7) is 3.54. The quantitative estimate of drug-likeness (QED) is 0.404. The van der Waals surface area contributed by atoms with Gasteiger partial charge in [-0.05, 0) is 38.5 Å². The highest BCUT2D eigenvalue weighted by molar-refractivity contribution is 7.18. The molecule has 0 spiro atoms. The summed E-state index contributed by atoms with van der Waals surface area (Å²) in [6, 6.07) is 4.48. The van der Waals surface area contributed by atoms with E-state index in [1.807, 2.05) is 6.07 Å². The first-order valence-electron chi connectivity index (χ1n) is 11.4. The molecule has 0 aliphatic carbocycles. The molecule has 2 aromatic heterocycles. The van der Waals surface area contributed by atoms with Crippen molar-refractivity contribution >= 4 is 68.6 Å². The highest BCUT2D eigenvalue weighted by Crippen LogP contribution is 2.36. The molecule has 3 N–H and O–H groups in total. The first kappa shape index (κ1) is 25.5. The van der Waals surface area contributed by atoms with E-state index in [1.165, 1.54) is 30.6 Å². The second-order valence-electron chi connectivity index (χ2n) is 9.22. The van der Waals surface area contributed by atoms with Gasteiger partial charge in [-0.15, -0.1) is 11.3 Å². The SMILES string of the molecule is COc1cc(Cl)c2nc(C(C)(C)NC(=O)Nc3ccc4c(n3)C(=O)N(C3CCC(=O)NC3=O)C4=O)sc2c1. The number of amides is 6. The largest absolute Gasteiger partial charge is 0.497 e. The van der Waals surface area contributed by atoms with Crippen LogP contribution in [0.5, 0.6) is 5.75 Å². The van der Waals surface area contributed by atoms with Crippen molar-refractivity contribution in [3.05, 3.63) is 45.6 Å². The van der Waals surface area contributed by atoms with Gasteiger partial charge in [0.05, 0.1) is 27.9 Å². The van der Waals surface area contributed by atoms with Gasteiger partial charge in [0, 0.05) is 12.5 Å². The number of imide groups is 2. The fraction of sp³-hybridized carbons (Fsp3) is 0.292. The number of nitrogens with zero attached hydrogens (tertiary/aromatic N) is 3. The third-order valence-corrected chi connectivity index (χ3v) is 7.76. The van der Waals surface area contributed by atoms with Crippen molar-refractivity contribution in [2.45, 2.75) is 38.3 Å². The smallest absolute Gasteiger partial charge is 0.321 e. The molecule has 14 heteroatoms. The van der Waals surface area contributed by atoms with Gasteiger partial charge in [0.1, 0.15) is 33.8 Å². The molecule has 1 unspecified atom stereocenters. The van der Waals surface area contributed by atoms with Crippen LogP contribution in [0.15, 0.2) is 24.3 Å². The molecule has 12 nitrogen and oxygen atoms in total. The van der Waals surface area contributed by atoms with Crippen molar-refractivity contribution in [1.82, 2.24) is 25.5 Å². The number of carbonyl (C=O) groups is 5. The molecule has 1 aromatic carbocycles. The van der Waals surface area contributed by atoms with Crippen molar-refractivity contribution in [1.29, 1.82) is 0 Å². The van der Waals surface area contributed by atoms with Crippen molar-refractivity contribution in [3.63, 3.8) is 0 Å². The number of pyridine rings is 1. The molecular weight excluding hydrogens is 536 g/mol. The van der Waals surface area contributed by atoms with Crippen LogP contribution in [0, 0.1) is 0 Å². The number of piperidine rings is 1. The second kappa shape index (κ2) is 9.33. The van der Waals surface area contributed by atoms with Crippen LogP contribution in [-0.4, -0.2) is 57.7 Å². The monoisotopic (exact) mass is 556 g/mol. The number of anilines is 1. The van der Waals surface area contributed by atoms with Crippen molar-refractivity contribution in [2.24, 2.45) is 0 Å². The minimum atomic E-state index is -1.11. The maximum absolute atomic E-state index is 13.0. The average Bonchev–Trinajstić information content (AvgIpc) is 3.39. The Bertz CT molecular complexity index is 1550. The first-order valence-corrected chi connectivity index (χ1v) is 12.6. The molecular formula is C24H21ClN6O6S. The van der Waals surface area contributed by atoms with E-state index in [9.17, 15) is 24.0 Å². The van der Waals surface area contributed by atoms with Gasteiger partial charge < -0.3 is 10.1 Å². The number of nitrogens with one attached hydrogen (secondary N) is 3. The summed E-state index contributed by atoms with van der Waals surface area (Å²) >= 11 is 7.68. The predicted molar refractivity (Wildman–Crippen MR) is 137 cm³/mol. The highest BCUT2D eigenvalue weighted by atomic mass is 35.5. The predicted octanol–water partition coefficient (Wildman–Crippen LogP) is 2.81. The number of halogens is 1. The molecule has 1 fully saturated rings. The Morgan fingerprint density at radius 3 is 2.66 bits per heavy atom. The van der Waals surface area contributed by atoms with Gasteiger partial charge in [-0.1, -0.05) is 11.6 Å². The highest BCUT2D eigenvalue weighted by Gasteiger charge is 2.45. The van der Waals surface area contributed by atoms with Gasteiger partial charge >= 0.3 is 6.03 Å². The zero-order valence-corrected chi connectivity index (χ0v) is 22.0. The number of hydrogen-bond donors (Lipinski definition) is 3. The van der Waals surface area contributed by atoms with Crippen molar-refractivity contribution < 1.29 is 28.7 Å². The molecule has 2 aliphatic heterocycles. The number of thiazole rings is 1. The van der Waals surface area contributed by atoms with E-state index in [-0.39, 0.29) is 29.9 Å². The minimum absolute atomic E-state index is 0.00719. The molecule has 3 aromatic rings. The van der Waals surface area contributed by atoms with Crippen LogP contribution in [0.25, 0.3) is 10.2 Å². The lowest BCUT2D eigenvalue weighted by Gasteiger charge is -2.27. The van der Waals surface area contributed by atoms with Crippen LogP contribution in [0.1, 0.15) is 52.5 Å².